The Morgan fingerprint density at radius 1 is 0.608 bits per heavy atom. The maximum atomic E-state index is 7.19. The predicted octanol–water partition coefficient (Wildman–Crippen LogP) is 11.4. The number of nitrogens with zero attached hydrogens (tertiary/aromatic N) is 2. The van der Waals surface area contributed by atoms with Gasteiger partial charge in [-0.3, -0.25) is 0 Å². The van der Waals surface area contributed by atoms with Gasteiger partial charge < -0.3 is 4.42 Å². The molecule has 0 amide bonds. The lowest BCUT2D eigenvalue weighted by molar-refractivity contribution is -0.955. The van der Waals surface area contributed by atoms with Gasteiger partial charge in [0, 0.05) is 33.3 Å². The van der Waals surface area contributed by atoms with Crippen molar-refractivity contribution in [3.63, 3.8) is 0 Å². The van der Waals surface area contributed by atoms with Gasteiger partial charge in [-0.15, -0.1) is 20.5 Å². The molecule has 2 aliphatic heterocycles. The smallest absolute Gasteiger partial charge is 0.417 e. The SMILES string of the molecule is Cc1ccc2c(c1)C1(c3ccc4c(oc5c4ccc4cc(C)sc45)c3-c3cc(C(C)(C)C)c(-c4c(C)cccc4C)c[n+]31)[n+]1cc(C)c(C)cc1-2. The summed E-state index contributed by atoms with van der Waals surface area (Å²) < 4.78 is 13.6. The van der Waals surface area contributed by atoms with E-state index in [0.717, 1.165) is 11.2 Å². The van der Waals surface area contributed by atoms with Gasteiger partial charge in [0.15, 0.2) is 18.0 Å². The van der Waals surface area contributed by atoms with Crippen LogP contribution in [0.25, 0.3) is 65.7 Å². The molecule has 6 heterocycles. The minimum atomic E-state index is -0.649. The van der Waals surface area contributed by atoms with Crippen molar-refractivity contribution in [2.75, 3.05) is 0 Å². The van der Waals surface area contributed by atoms with Crippen molar-refractivity contribution in [2.24, 2.45) is 0 Å². The molecule has 4 aromatic heterocycles. The average molecular weight is 683 g/mol. The Kier molecular flexibility index (Phi) is 6.05. The molecule has 1 unspecified atom stereocenters. The van der Waals surface area contributed by atoms with Crippen LogP contribution in [0.3, 0.4) is 0 Å². The zero-order chi connectivity index (χ0) is 35.3. The molecule has 0 fully saturated rings. The first-order chi connectivity index (χ1) is 24.4. The predicted molar refractivity (Wildman–Crippen MR) is 211 cm³/mol. The molecule has 1 spiro atoms. The Morgan fingerprint density at radius 2 is 1.33 bits per heavy atom. The number of hydrogen-bond donors (Lipinski definition) is 0. The number of rotatable bonds is 1. The fourth-order valence-corrected chi connectivity index (χ4v) is 10.3. The Balaban J connectivity index is 1.44. The van der Waals surface area contributed by atoms with Crippen LogP contribution in [0.2, 0.25) is 0 Å². The molecule has 10 rings (SSSR count). The second-order valence-corrected chi connectivity index (χ2v) is 17.4. The van der Waals surface area contributed by atoms with Crippen LogP contribution in [0, 0.1) is 41.5 Å². The fourth-order valence-electron chi connectivity index (χ4n) is 9.32. The molecular formula is C47H42N2OS+2. The summed E-state index contributed by atoms with van der Waals surface area (Å²) in [6.45, 7) is 20.5. The quantitative estimate of drug-likeness (QED) is 0.158. The van der Waals surface area contributed by atoms with Crippen molar-refractivity contribution in [1.29, 1.82) is 0 Å². The van der Waals surface area contributed by atoms with E-state index in [0.29, 0.717) is 0 Å². The topological polar surface area (TPSA) is 20.9 Å². The zero-order valence-corrected chi connectivity index (χ0v) is 31.7. The molecular weight excluding hydrogens is 641 g/mol. The molecule has 4 heteroatoms. The number of pyridine rings is 2. The lowest BCUT2D eigenvalue weighted by Crippen LogP contribution is -2.71. The highest BCUT2D eigenvalue weighted by Gasteiger charge is 2.67. The molecule has 51 heavy (non-hydrogen) atoms. The maximum Gasteiger partial charge on any atom is 0.417 e. The molecule has 0 saturated heterocycles. The second-order valence-electron chi connectivity index (χ2n) is 16.2. The van der Waals surface area contributed by atoms with Crippen molar-refractivity contribution in [3.05, 3.63) is 141 Å². The third-order valence-corrected chi connectivity index (χ3v) is 12.8. The standard InChI is InChI=1S/C47H42N2OS/c1-25-13-15-34-38(19-25)47(48-23-29(5)28(4)20-39(34)48)36-18-17-32-33-16-14-31-21-30(6)51-45(31)44(33)50-43(32)42(36)40-22-37(46(7,8)9)35(24-49(40)47)41-26(2)11-10-12-27(41)3/h10-24H,1-9H3/q+2. The Hall–Kier alpha value is -5.06. The van der Waals surface area contributed by atoms with E-state index in [9.17, 15) is 0 Å². The summed E-state index contributed by atoms with van der Waals surface area (Å²) in [5.41, 5.74) is 19.0. The van der Waals surface area contributed by atoms with Crippen LogP contribution in [0.1, 0.15) is 70.2 Å². The van der Waals surface area contributed by atoms with E-state index in [2.05, 4.69) is 163 Å². The number of furan rings is 1. The van der Waals surface area contributed by atoms with Gasteiger partial charge in [-0.1, -0.05) is 56.7 Å². The molecule has 0 bridgehead atoms. The van der Waals surface area contributed by atoms with Gasteiger partial charge in [-0.2, -0.15) is 0 Å². The highest BCUT2D eigenvalue weighted by molar-refractivity contribution is 7.20. The largest absolute Gasteiger partial charge is 0.454 e. The molecule has 0 saturated carbocycles. The summed E-state index contributed by atoms with van der Waals surface area (Å²) in [5, 5.41) is 3.60. The van der Waals surface area contributed by atoms with Crippen LogP contribution in [-0.2, 0) is 11.1 Å². The molecule has 8 aromatic rings. The van der Waals surface area contributed by atoms with Crippen LogP contribution < -0.4 is 9.13 Å². The van der Waals surface area contributed by atoms with Crippen molar-refractivity contribution in [1.82, 2.24) is 0 Å². The van der Waals surface area contributed by atoms with E-state index >= 15 is 0 Å². The first-order valence-electron chi connectivity index (χ1n) is 18.1. The first kappa shape index (κ1) is 30.7. The number of aromatic nitrogens is 2. The maximum absolute atomic E-state index is 7.19. The van der Waals surface area contributed by atoms with Crippen LogP contribution in [0.5, 0.6) is 0 Å². The minimum absolute atomic E-state index is 0.110. The summed E-state index contributed by atoms with van der Waals surface area (Å²) in [6, 6.07) is 30.1. The third kappa shape index (κ3) is 3.89. The van der Waals surface area contributed by atoms with Gasteiger partial charge in [-0.05, 0) is 117 Å². The van der Waals surface area contributed by atoms with E-state index in [4.69, 9.17) is 4.42 Å². The van der Waals surface area contributed by atoms with Gasteiger partial charge >= 0.3 is 5.66 Å². The van der Waals surface area contributed by atoms with Crippen molar-refractivity contribution >= 4 is 43.4 Å². The zero-order valence-electron chi connectivity index (χ0n) is 30.9. The van der Waals surface area contributed by atoms with Crippen molar-refractivity contribution in [3.8, 4) is 33.6 Å². The van der Waals surface area contributed by atoms with E-state index in [1.54, 1.807) is 0 Å². The number of fused-ring (bicyclic) bond motifs is 16. The summed E-state index contributed by atoms with van der Waals surface area (Å²) >= 11 is 1.83. The summed E-state index contributed by atoms with van der Waals surface area (Å²) in [6.07, 6.45) is 4.88. The highest BCUT2D eigenvalue weighted by atomic mass is 32.1. The van der Waals surface area contributed by atoms with Crippen LogP contribution in [0.15, 0.2) is 95.7 Å². The van der Waals surface area contributed by atoms with E-state index in [1.807, 2.05) is 11.3 Å². The number of aryl methyl sites for hydroxylation is 6. The van der Waals surface area contributed by atoms with Crippen LogP contribution in [-0.4, -0.2) is 0 Å². The number of benzene rings is 4. The van der Waals surface area contributed by atoms with Crippen molar-refractivity contribution in [2.45, 2.75) is 73.4 Å². The summed E-state index contributed by atoms with van der Waals surface area (Å²) in [7, 11) is 0. The van der Waals surface area contributed by atoms with E-state index in [-0.39, 0.29) is 5.41 Å². The first-order valence-corrected chi connectivity index (χ1v) is 18.9. The lowest BCUT2D eigenvalue weighted by atomic mass is 9.80. The number of hydrogen-bond acceptors (Lipinski definition) is 2. The molecule has 0 aliphatic carbocycles. The van der Waals surface area contributed by atoms with Crippen LogP contribution in [0.4, 0.5) is 0 Å². The van der Waals surface area contributed by atoms with Gasteiger partial charge in [0.2, 0.25) is 11.4 Å². The third-order valence-electron chi connectivity index (χ3n) is 11.8. The minimum Gasteiger partial charge on any atom is -0.454 e. The van der Waals surface area contributed by atoms with Gasteiger partial charge in [-0.25, -0.2) is 0 Å². The normalized spacial score (nSPS) is 16.0. The molecule has 250 valence electrons. The Labute approximate surface area is 303 Å². The molecule has 4 aromatic carbocycles. The van der Waals surface area contributed by atoms with Crippen molar-refractivity contribution < 1.29 is 13.6 Å². The van der Waals surface area contributed by atoms with Crippen LogP contribution >= 0.6 is 11.3 Å². The van der Waals surface area contributed by atoms with Gasteiger partial charge in [0.1, 0.15) is 22.3 Å². The van der Waals surface area contributed by atoms with E-state index in [1.165, 1.54) is 104 Å². The molecule has 0 radical (unpaired) electrons. The lowest BCUT2D eigenvalue weighted by Gasteiger charge is -2.25. The van der Waals surface area contributed by atoms with E-state index < -0.39 is 5.66 Å². The Bertz CT molecular complexity index is 2840. The summed E-state index contributed by atoms with van der Waals surface area (Å²) in [4.78, 5) is 1.30. The molecule has 2 aliphatic rings. The molecule has 3 nitrogen and oxygen atoms in total. The molecule has 1 atom stereocenters. The monoisotopic (exact) mass is 682 g/mol. The second kappa shape index (κ2) is 10.0. The summed E-state index contributed by atoms with van der Waals surface area (Å²) in [5.74, 6) is 0. The Morgan fingerprint density at radius 3 is 2.10 bits per heavy atom. The molecule has 0 N–H and O–H groups in total. The fraction of sp³-hybridized carbons (Fsp3) is 0.234. The van der Waals surface area contributed by atoms with Gasteiger partial charge in [0.05, 0.1) is 15.8 Å². The van der Waals surface area contributed by atoms with Gasteiger partial charge in [0.25, 0.3) is 0 Å². The average Bonchev–Trinajstić information content (AvgIpc) is 3.79. The highest BCUT2D eigenvalue weighted by Crippen LogP contribution is 2.53. The number of thiophene rings is 1.